The number of carbonyl (C=O) groups excluding carboxylic acids is 1. The molecule has 1 heterocycles. The van der Waals surface area contributed by atoms with Gasteiger partial charge in [0.15, 0.2) is 11.0 Å². The van der Waals surface area contributed by atoms with Crippen LogP contribution in [0.5, 0.6) is 0 Å². The molecule has 2 aromatic rings. The van der Waals surface area contributed by atoms with Gasteiger partial charge in [0.25, 0.3) is 5.91 Å². The van der Waals surface area contributed by atoms with Crippen LogP contribution in [0.4, 0.5) is 17.3 Å². The molecule has 1 aromatic carbocycles. The average molecular weight is 466 g/mol. The molecular formula is C20H28BrN5OS. The Morgan fingerprint density at radius 2 is 1.96 bits per heavy atom. The van der Waals surface area contributed by atoms with Gasteiger partial charge >= 0.3 is 0 Å². The standard InChI is InChI=1S/C20H28BrN5OS/c1-12-8-9-13(18(27)22-5)10-14(12)23-16-15(21)17(25-19(24-16)28-7)26(6)11-20(2,3)4/h8-10H,11H2,1-7H3,(H,22,27)(H,23,24,25). The normalized spacial score (nSPS) is 11.3. The Labute approximate surface area is 180 Å². The lowest BCUT2D eigenvalue weighted by Crippen LogP contribution is -2.30. The minimum absolute atomic E-state index is 0.125. The van der Waals surface area contributed by atoms with Gasteiger partial charge in [-0.3, -0.25) is 4.79 Å². The molecule has 6 nitrogen and oxygen atoms in total. The number of aromatic nitrogens is 2. The van der Waals surface area contributed by atoms with Crippen molar-refractivity contribution < 1.29 is 4.79 Å². The molecule has 1 amide bonds. The fourth-order valence-corrected chi connectivity index (χ4v) is 3.74. The van der Waals surface area contributed by atoms with Gasteiger partial charge in [0, 0.05) is 31.9 Å². The molecule has 8 heteroatoms. The van der Waals surface area contributed by atoms with Crippen molar-refractivity contribution in [1.29, 1.82) is 0 Å². The third-order valence-corrected chi connectivity index (χ3v) is 5.33. The highest BCUT2D eigenvalue weighted by Gasteiger charge is 2.20. The topological polar surface area (TPSA) is 70.1 Å². The van der Waals surface area contributed by atoms with Crippen LogP contribution in [0.2, 0.25) is 0 Å². The Morgan fingerprint density at radius 1 is 1.29 bits per heavy atom. The quantitative estimate of drug-likeness (QED) is 0.468. The monoisotopic (exact) mass is 465 g/mol. The van der Waals surface area contributed by atoms with E-state index in [-0.39, 0.29) is 11.3 Å². The van der Waals surface area contributed by atoms with Crippen LogP contribution in [0.3, 0.4) is 0 Å². The van der Waals surface area contributed by atoms with Crippen LogP contribution in [-0.2, 0) is 0 Å². The molecule has 0 aliphatic heterocycles. The summed E-state index contributed by atoms with van der Waals surface area (Å²) in [5, 5.41) is 6.71. The second kappa shape index (κ2) is 9.13. The fraction of sp³-hybridized carbons (Fsp3) is 0.450. The molecular weight excluding hydrogens is 438 g/mol. The summed E-state index contributed by atoms with van der Waals surface area (Å²) in [6.45, 7) is 9.43. The summed E-state index contributed by atoms with van der Waals surface area (Å²) in [7, 11) is 3.65. The molecule has 0 aliphatic rings. The van der Waals surface area contributed by atoms with Gasteiger partial charge in [0.05, 0.1) is 0 Å². The first kappa shape index (κ1) is 22.5. The van der Waals surface area contributed by atoms with Crippen molar-refractivity contribution in [2.75, 3.05) is 37.1 Å². The number of hydrogen-bond donors (Lipinski definition) is 2. The van der Waals surface area contributed by atoms with Gasteiger partial charge in [0.2, 0.25) is 0 Å². The van der Waals surface area contributed by atoms with Crippen molar-refractivity contribution in [2.45, 2.75) is 32.9 Å². The molecule has 28 heavy (non-hydrogen) atoms. The predicted octanol–water partition coefficient (Wildman–Crippen LogP) is 4.85. The molecule has 0 saturated heterocycles. The van der Waals surface area contributed by atoms with Crippen molar-refractivity contribution in [1.82, 2.24) is 15.3 Å². The maximum absolute atomic E-state index is 12.0. The maximum atomic E-state index is 12.0. The van der Waals surface area contributed by atoms with Crippen molar-refractivity contribution in [2.24, 2.45) is 5.41 Å². The van der Waals surface area contributed by atoms with E-state index in [1.807, 2.05) is 38.4 Å². The van der Waals surface area contributed by atoms with Crippen LogP contribution < -0.4 is 15.5 Å². The van der Waals surface area contributed by atoms with Crippen LogP contribution in [0, 0.1) is 12.3 Å². The van der Waals surface area contributed by atoms with E-state index in [9.17, 15) is 4.79 Å². The molecule has 2 rings (SSSR count). The van der Waals surface area contributed by atoms with Gasteiger partial charge in [-0.15, -0.1) is 0 Å². The Morgan fingerprint density at radius 3 is 2.54 bits per heavy atom. The summed E-state index contributed by atoms with van der Waals surface area (Å²) in [6, 6.07) is 5.56. The maximum Gasteiger partial charge on any atom is 0.251 e. The zero-order valence-electron chi connectivity index (χ0n) is 17.5. The number of amides is 1. The number of carbonyl (C=O) groups is 1. The van der Waals surface area contributed by atoms with E-state index in [1.165, 1.54) is 11.8 Å². The molecule has 2 N–H and O–H groups in total. The van der Waals surface area contributed by atoms with E-state index in [0.717, 1.165) is 28.1 Å². The summed E-state index contributed by atoms with van der Waals surface area (Å²) in [5.41, 5.74) is 2.58. The number of hydrogen-bond acceptors (Lipinski definition) is 6. The SMILES string of the molecule is CNC(=O)c1ccc(C)c(Nc2nc(SC)nc(N(C)CC(C)(C)C)c2Br)c1. The van der Waals surface area contributed by atoms with E-state index in [1.54, 1.807) is 7.05 Å². The number of aryl methyl sites for hydroxylation is 1. The molecule has 0 atom stereocenters. The van der Waals surface area contributed by atoms with E-state index >= 15 is 0 Å². The lowest BCUT2D eigenvalue weighted by atomic mass is 9.96. The minimum Gasteiger partial charge on any atom is -0.358 e. The molecule has 0 spiro atoms. The number of benzene rings is 1. The number of anilines is 3. The second-order valence-corrected chi connectivity index (χ2v) is 9.41. The smallest absolute Gasteiger partial charge is 0.251 e. The summed E-state index contributed by atoms with van der Waals surface area (Å²) in [4.78, 5) is 23.4. The van der Waals surface area contributed by atoms with Crippen molar-refractivity contribution in [3.05, 3.63) is 33.8 Å². The second-order valence-electron chi connectivity index (χ2n) is 7.85. The fourth-order valence-electron chi connectivity index (χ4n) is 2.80. The molecule has 0 bridgehead atoms. The number of halogens is 1. The molecule has 152 valence electrons. The summed E-state index contributed by atoms with van der Waals surface area (Å²) in [6.07, 6.45) is 1.96. The highest BCUT2D eigenvalue weighted by molar-refractivity contribution is 9.10. The molecule has 0 unspecified atom stereocenters. The van der Waals surface area contributed by atoms with Gasteiger partial charge in [0.1, 0.15) is 10.3 Å². The van der Waals surface area contributed by atoms with Gasteiger partial charge < -0.3 is 15.5 Å². The first-order chi connectivity index (χ1) is 13.1. The zero-order valence-corrected chi connectivity index (χ0v) is 19.9. The highest BCUT2D eigenvalue weighted by Crippen LogP contribution is 2.35. The van der Waals surface area contributed by atoms with E-state index < -0.39 is 0 Å². The van der Waals surface area contributed by atoms with Crippen molar-refractivity contribution in [3.63, 3.8) is 0 Å². The Bertz CT molecular complexity index is 866. The number of thioether (sulfide) groups is 1. The average Bonchev–Trinajstić information content (AvgIpc) is 2.62. The lowest BCUT2D eigenvalue weighted by Gasteiger charge is -2.28. The van der Waals surface area contributed by atoms with Gasteiger partial charge in [-0.25, -0.2) is 9.97 Å². The number of nitrogens with one attached hydrogen (secondary N) is 2. The first-order valence-corrected chi connectivity index (χ1v) is 11.0. The minimum atomic E-state index is -0.125. The Kier molecular flexibility index (Phi) is 7.33. The molecule has 0 radical (unpaired) electrons. The number of nitrogens with zero attached hydrogens (tertiary/aromatic N) is 3. The Hall–Kier alpha value is -1.80. The van der Waals surface area contributed by atoms with Crippen LogP contribution in [0.25, 0.3) is 0 Å². The van der Waals surface area contributed by atoms with Crippen LogP contribution in [0.1, 0.15) is 36.7 Å². The van der Waals surface area contributed by atoms with Gasteiger partial charge in [-0.2, -0.15) is 0 Å². The molecule has 0 aliphatic carbocycles. The summed E-state index contributed by atoms with van der Waals surface area (Å²) in [5.74, 6) is 1.38. The van der Waals surface area contributed by atoms with Crippen molar-refractivity contribution >= 4 is 50.9 Å². The van der Waals surface area contributed by atoms with Crippen LogP contribution >= 0.6 is 27.7 Å². The van der Waals surface area contributed by atoms with Gasteiger partial charge in [-0.05, 0) is 52.2 Å². The van der Waals surface area contributed by atoms with Crippen molar-refractivity contribution in [3.8, 4) is 0 Å². The summed E-state index contributed by atoms with van der Waals surface area (Å²) >= 11 is 5.17. The third-order valence-electron chi connectivity index (χ3n) is 4.05. The lowest BCUT2D eigenvalue weighted by molar-refractivity contribution is 0.0963. The largest absolute Gasteiger partial charge is 0.358 e. The Balaban J connectivity index is 2.46. The molecule has 0 fully saturated rings. The van der Waals surface area contributed by atoms with Crippen LogP contribution in [0.15, 0.2) is 27.8 Å². The predicted molar refractivity (Wildman–Crippen MR) is 122 cm³/mol. The summed E-state index contributed by atoms with van der Waals surface area (Å²) < 4.78 is 0.793. The highest BCUT2D eigenvalue weighted by atomic mass is 79.9. The first-order valence-electron chi connectivity index (χ1n) is 8.98. The molecule has 0 saturated carbocycles. The zero-order chi connectivity index (χ0) is 21.1. The van der Waals surface area contributed by atoms with Crippen LogP contribution in [-0.4, -0.2) is 42.8 Å². The van der Waals surface area contributed by atoms with E-state index in [0.29, 0.717) is 16.5 Å². The number of rotatable bonds is 6. The van der Waals surface area contributed by atoms with E-state index in [4.69, 9.17) is 0 Å². The molecule has 1 aromatic heterocycles. The third kappa shape index (κ3) is 5.61. The van der Waals surface area contributed by atoms with Gasteiger partial charge in [-0.1, -0.05) is 38.6 Å². The van der Waals surface area contributed by atoms with E-state index in [2.05, 4.69) is 62.2 Å².